The molecule has 0 aliphatic rings. The smallest absolute Gasteiger partial charge is 0.263 e. The van der Waals surface area contributed by atoms with Gasteiger partial charge in [0.15, 0.2) is 5.13 Å². The Morgan fingerprint density at radius 3 is 2.48 bits per heavy atom. The lowest BCUT2D eigenvalue weighted by atomic mass is 10.1. The number of hydrogen-bond acceptors (Lipinski definition) is 5. The van der Waals surface area contributed by atoms with Crippen LogP contribution in [0, 0.1) is 6.92 Å². The van der Waals surface area contributed by atoms with Crippen LogP contribution in [-0.4, -0.2) is 25.6 Å². The van der Waals surface area contributed by atoms with Crippen LogP contribution in [0.25, 0.3) is 0 Å². The Labute approximate surface area is 143 Å². The fraction of sp³-hybridized carbons (Fsp3) is 0.286. The summed E-state index contributed by atoms with van der Waals surface area (Å²) in [5, 5.41) is 3.66. The van der Waals surface area contributed by atoms with Crippen LogP contribution in [0.3, 0.4) is 0 Å². The SMILES string of the molecule is Cc1nc(NS(C)(=O)=O)sc1C(=O)N[C@H](C)c1ccc(Cl)cc1. The number of carbonyl (C=O) groups excluding carboxylic acids is 1. The molecule has 1 amide bonds. The molecule has 0 saturated heterocycles. The maximum atomic E-state index is 12.4. The number of aromatic nitrogens is 1. The molecule has 2 rings (SSSR count). The summed E-state index contributed by atoms with van der Waals surface area (Å²) in [6, 6.07) is 6.97. The number of sulfonamides is 1. The fourth-order valence-electron chi connectivity index (χ4n) is 1.91. The Morgan fingerprint density at radius 2 is 1.91 bits per heavy atom. The highest BCUT2D eigenvalue weighted by Crippen LogP contribution is 2.24. The minimum atomic E-state index is -3.42. The lowest BCUT2D eigenvalue weighted by Gasteiger charge is -2.13. The zero-order valence-electron chi connectivity index (χ0n) is 12.8. The van der Waals surface area contributed by atoms with Crippen molar-refractivity contribution in [1.82, 2.24) is 10.3 Å². The van der Waals surface area contributed by atoms with Gasteiger partial charge < -0.3 is 5.32 Å². The van der Waals surface area contributed by atoms with Crippen LogP contribution in [0.1, 0.15) is 33.9 Å². The van der Waals surface area contributed by atoms with E-state index in [0.717, 1.165) is 23.2 Å². The summed E-state index contributed by atoms with van der Waals surface area (Å²) in [6.07, 6.45) is 1.03. The highest BCUT2D eigenvalue weighted by atomic mass is 35.5. The van der Waals surface area contributed by atoms with Crippen molar-refractivity contribution in [3.8, 4) is 0 Å². The largest absolute Gasteiger partial charge is 0.345 e. The van der Waals surface area contributed by atoms with E-state index in [4.69, 9.17) is 11.6 Å². The second kappa shape index (κ2) is 6.86. The van der Waals surface area contributed by atoms with E-state index in [2.05, 4.69) is 15.0 Å². The highest BCUT2D eigenvalue weighted by Gasteiger charge is 2.19. The molecule has 1 aromatic carbocycles. The molecule has 1 aromatic heterocycles. The van der Waals surface area contributed by atoms with Crippen LogP contribution in [0.5, 0.6) is 0 Å². The van der Waals surface area contributed by atoms with Crippen LogP contribution >= 0.6 is 22.9 Å². The quantitative estimate of drug-likeness (QED) is 0.843. The maximum absolute atomic E-state index is 12.4. The number of nitrogens with one attached hydrogen (secondary N) is 2. The highest BCUT2D eigenvalue weighted by molar-refractivity contribution is 7.92. The molecule has 23 heavy (non-hydrogen) atoms. The van der Waals surface area contributed by atoms with Crippen molar-refractivity contribution in [3.05, 3.63) is 45.4 Å². The van der Waals surface area contributed by atoms with E-state index in [0.29, 0.717) is 15.6 Å². The predicted molar refractivity (Wildman–Crippen MR) is 92.7 cm³/mol. The summed E-state index contributed by atoms with van der Waals surface area (Å²) in [4.78, 5) is 16.8. The topological polar surface area (TPSA) is 88.2 Å². The molecule has 9 heteroatoms. The van der Waals surface area contributed by atoms with E-state index in [-0.39, 0.29) is 17.1 Å². The summed E-state index contributed by atoms with van der Waals surface area (Å²) in [5.74, 6) is -0.302. The van der Waals surface area contributed by atoms with Gasteiger partial charge in [0.05, 0.1) is 18.0 Å². The summed E-state index contributed by atoms with van der Waals surface area (Å²) in [6.45, 7) is 3.51. The average Bonchev–Trinajstić information content (AvgIpc) is 2.77. The molecular weight excluding hydrogens is 358 g/mol. The first-order valence-electron chi connectivity index (χ1n) is 6.67. The standard InChI is InChI=1S/C14H16ClN3O3S2/c1-8(10-4-6-11(15)7-5-10)16-13(19)12-9(2)17-14(22-12)18-23(3,20)21/h4-8H,1-3H3,(H,16,19)(H,17,18)/t8-/m1/s1. The first kappa shape index (κ1) is 17.7. The molecule has 1 heterocycles. The van der Waals surface area contributed by atoms with Crippen LogP contribution in [-0.2, 0) is 10.0 Å². The zero-order valence-corrected chi connectivity index (χ0v) is 15.1. The van der Waals surface area contributed by atoms with Crippen molar-refractivity contribution >= 4 is 44.0 Å². The Bertz CT molecular complexity index is 816. The lowest BCUT2D eigenvalue weighted by Crippen LogP contribution is -2.26. The molecule has 2 N–H and O–H groups in total. The molecule has 0 fully saturated rings. The van der Waals surface area contributed by atoms with Crippen molar-refractivity contribution in [3.63, 3.8) is 0 Å². The summed E-state index contributed by atoms with van der Waals surface area (Å²) in [7, 11) is -3.42. The van der Waals surface area contributed by atoms with Crippen LogP contribution in [0.4, 0.5) is 5.13 Å². The van der Waals surface area contributed by atoms with E-state index in [1.165, 1.54) is 0 Å². The molecule has 0 aliphatic heterocycles. The summed E-state index contributed by atoms with van der Waals surface area (Å²) in [5.41, 5.74) is 1.39. The number of thiazole rings is 1. The van der Waals surface area contributed by atoms with Crippen molar-refractivity contribution in [1.29, 1.82) is 0 Å². The molecule has 0 radical (unpaired) electrons. The normalized spacial score (nSPS) is 12.7. The van der Waals surface area contributed by atoms with Gasteiger partial charge in [0.2, 0.25) is 10.0 Å². The Hall–Kier alpha value is -1.64. The van der Waals surface area contributed by atoms with Gasteiger partial charge in [0.25, 0.3) is 5.91 Å². The first-order chi connectivity index (χ1) is 10.7. The van der Waals surface area contributed by atoms with Crippen LogP contribution in [0.2, 0.25) is 5.02 Å². The number of aryl methyl sites for hydroxylation is 1. The molecule has 0 aliphatic carbocycles. The molecule has 0 bridgehead atoms. The molecule has 1 atom stereocenters. The number of halogens is 1. The zero-order chi connectivity index (χ0) is 17.2. The number of rotatable bonds is 5. The molecule has 0 spiro atoms. The van der Waals surface area contributed by atoms with Gasteiger partial charge in [-0.15, -0.1) is 0 Å². The fourth-order valence-corrected chi connectivity index (χ4v) is 3.74. The van der Waals surface area contributed by atoms with Crippen molar-refractivity contribution in [2.45, 2.75) is 19.9 Å². The number of anilines is 1. The average molecular weight is 374 g/mol. The molecule has 2 aromatic rings. The van der Waals surface area contributed by atoms with Crippen molar-refractivity contribution < 1.29 is 13.2 Å². The minimum absolute atomic E-state index is 0.175. The molecular formula is C14H16ClN3O3S2. The van der Waals surface area contributed by atoms with Gasteiger partial charge >= 0.3 is 0 Å². The van der Waals surface area contributed by atoms with E-state index in [1.807, 2.05) is 19.1 Å². The van der Waals surface area contributed by atoms with Crippen LogP contribution in [0.15, 0.2) is 24.3 Å². The van der Waals surface area contributed by atoms with Gasteiger partial charge in [-0.25, -0.2) is 13.4 Å². The predicted octanol–water partition coefficient (Wildman–Crippen LogP) is 2.97. The maximum Gasteiger partial charge on any atom is 0.263 e. The number of amides is 1. The monoisotopic (exact) mass is 373 g/mol. The van der Waals surface area contributed by atoms with Crippen LogP contribution < -0.4 is 10.0 Å². The third-order valence-corrected chi connectivity index (χ3v) is 5.01. The summed E-state index contributed by atoms with van der Waals surface area (Å²) >= 11 is 6.84. The summed E-state index contributed by atoms with van der Waals surface area (Å²) < 4.78 is 24.7. The Kier molecular flexibility index (Phi) is 5.28. The van der Waals surface area contributed by atoms with E-state index in [9.17, 15) is 13.2 Å². The molecule has 6 nitrogen and oxygen atoms in total. The van der Waals surface area contributed by atoms with Gasteiger partial charge in [0, 0.05) is 5.02 Å². The number of hydrogen-bond donors (Lipinski definition) is 2. The molecule has 0 saturated carbocycles. The van der Waals surface area contributed by atoms with Gasteiger partial charge in [-0.3, -0.25) is 9.52 Å². The van der Waals surface area contributed by atoms with Gasteiger partial charge in [0.1, 0.15) is 4.88 Å². The van der Waals surface area contributed by atoms with Gasteiger partial charge in [-0.2, -0.15) is 0 Å². The minimum Gasteiger partial charge on any atom is -0.345 e. The number of nitrogens with zero attached hydrogens (tertiary/aromatic N) is 1. The Morgan fingerprint density at radius 1 is 1.30 bits per heavy atom. The van der Waals surface area contributed by atoms with Crippen molar-refractivity contribution in [2.75, 3.05) is 11.0 Å². The van der Waals surface area contributed by atoms with Gasteiger partial charge in [-0.1, -0.05) is 35.1 Å². The third-order valence-electron chi connectivity index (χ3n) is 2.99. The van der Waals surface area contributed by atoms with E-state index in [1.54, 1.807) is 19.1 Å². The number of carbonyl (C=O) groups is 1. The number of benzene rings is 1. The van der Waals surface area contributed by atoms with E-state index < -0.39 is 10.0 Å². The third kappa shape index (κ3) is 4.92. The van der Waals surface area contributed by atoms with Gasteiger partial charge in [-0.05, 0) is 31.5 Å². The molecule has 0 unspecified atom stereocenters. The molecule has 124 valence electrons. The van der Waals surface area contributed by atoms with E-state index >= 15 is 0 Å². The second-order valence-corrected chi connectivity index (χ2v) is 8.24. The van der Waals surface area contributed by atoms with Crippen molar-refractivity contribution in [2.24, 2.45) is 0 Å². The second-order valence-electron chi connectivity index (χ2n) is 5.05. The first-order valence-corrected chi connectivity index (χ1v) is 9.76. The Balaban J connectivity index is 2.13. The lowest BCUT2D eigenvalue weighted by molar-refractivity contribution is 0.0943.